The Morgan fingerprint density at radius 3 is 2.61 bits per heavy atom. The van der Waals surface area contributed by atoms with Crippen LogP contribution in [0.2, 0.25) is 0 Å². The van der Waals surface area contributed by atoms with Crippen LogP contribution in [0.5, 0.6) is 0 Å². The molecule has 2 aromatic rings. The SMILES string of the molecule is CCNC(=NCc1ccc(N2CCC(C)CC2)nc1)NCC(C)(O)c1cc(C)oc1C. The van der Waals surface area contributed by atoms with E-state index in [0.717, 1.165) is 54.0 Å². The number of hydrogen-bond acceptors (Lipinski definition) is 5. The van der Waals surface area contributed by atoms with Crippen molar-refractivity contribution in [2.45, 2.75) is 59.6 Å². The summed E-state index contributed by atoms with van der Waals surface area (Å²) in [6, 6.07) is 6.08. The van der Waals surface area contributed by atoms with Gasteiger partial charge >= 0.3 is 0 Å². The van der Waals surface area contributed by atoms with E-state index in [2.05, 4.69) is 44.6 Å². The van der Waals surface area contributed by atoms with Gasteiger partial charge in [-0.15, -0.1) is 0 Å². The molecule has 31 heavy (non-hydrogen) atoms. The number of rotatable bonds is 7. The minimum Gasteiger partial charge on any atom is -0.466 e. The summed E-state index contributed by atoms with van der Waals surface area (Å²) in [4.78, 5) is 11.7. The molecule has 0 aromatic carbocycles. The van der Waals surface area contributed by atoms with E-state index < -0.39 is 5.60 Å². The molecule has 3 N–H and O–H groups in total. The van der Waals surface area contributed by atoms with E-state index in [1.54, 1.807) is 6.92 Å². The minimum absolute atomic E-state index is 0.323. The number of furan rings is 1. The molecule has 3 rings (SSSR count). The molecule has 1 atom stereocenters. The number of aryl methyl sites for hydroxylation is 2. The Kier molecular flexibility index (Phi) is 7.59. The van der Waals surface area contributed by atoms with E-state index in [0.29, 0.717) is 19.0 Å². The highest BCUT2D eigenvalue weighted by Crippen LogP contribution is 2.26. The zero-order valence-electron chi connectivity index (χ0n) is 19.5. The van der Waals surface area contributed by atoms with E-state index >= 15 is 0 Å². The Morgan fingerprint density at radius 1 is 1.29 bits per heavy atom. The summed E-state index contributed by atoms with van der Waals surface area (Å²) in [6.45, 7) is 13.6. The van der Waals surface area contributed by atoms with Crippen LogP contribution in [0.15, 0.2) is 33.8 Å². The second kappa shape index (κ2) is 10.2. The van der Waals surface area contributed by atoms with Gasteiger partial charge in [0.1, 0.15) is 22.9 Å². The van der Waals surface area contributed by atoms with E-state index in [-0.39, 0.29) is 0 Å². The number of nitrogens with zero attached hydrogens (tertiary/aromatic N) is 3. The number of aliphatic imine (C=N–C) groups is 1. The van der Waals surface area contributed by atoms with Gasteiger partial charge in [0.25, 0.3) is 0 Å². The van der Waals surface area contributed by atoms with Gasteiger partial charge in [-0.2, -0.15) is 0 Å². The number of aromatic nitrogens is 1. The Morgan fingerprint density at radius 2 is 2.03 bits per heavy atom. The van der Waals surface area contributed by atoms with Gasteiger partial charge < -0.3 is 25.1 Å². The van der Waals surface area contributed by atoms with E-state index in [4.69, 9.17) is 4.42 Å². The molecule has 0 aliphatic carbocycles. The molecule has 7 heteroatoms. The highest BCUT2D eigenvalue weighted by molar-refractivity contribution is 5.79. The lowest BCUT2D eigenvalue weighted by Gasteiger charge is -2.31. The number of anilines is 1. The topological polar surface area (TPSA) is 85.9 Å². The molecular weight excluding hydrogens is 390 g/mol. The predicted octanol–water partition coefficient (Wildman–Crippen LogP) is 3.49. The zero-order chi connectivity index (χ0) is 22.4. The molecule has 0 radical (unpaired) electrons. The lowest BCUT2D eigenvalue weighted by molar-refractivity contribution is 0.0601. The first-order valence-corrected chi connectivity index (χ1v) is 11.3. The molecule has 1 fully saturated rings. The highest BCUT2D eigenvalue weighted by Gasteiger charge is 2.28. The second-order valence-corrected chi connectivity index (χ2v) is 8.84. The van der Waals surface area contributed by atoms with Crippen molar-refractivity contribution in [2.24, 2.45) is 10.9 Å². The molecule has 3 heterocycles. The average molecular weight is 428 g/mol. The van der Waals surface area contributed by atoms with Crippen LogP contribution in [-0.2, 0) is 12.1 Å². The Bertz CT molecular complexity index is 865. The third-order valence-corrected chi connectivity index (χ3v) is 5.90. The summed E-state index contributed by atoms with van der Waals surface area (Å²) in [5.74, 6) is 4.05. The number of guanidine groups is 1. The number of hydrogen-bond donors (Lipinski definition) is 3. The summed E-state index contributed by atoms with van der Waals surface area (Å²) >= 11 is 0. The zero-order valence-corrected chi connectivity index (χ0v) is 19.5. The van der Waals surface area contributed by atoms with Crippen LogP contribution in [0.1, 0.15) is 56.3 Å². The normalized spacial score (nSPS) is 17.5. The van der Waals surface area contributed by atoms with Crippen LogP contribution in [0.25, 0.3) is 0 Å². The smallest absolute Gasteiger partial charge is 0.191 e. The van der Waals surface area contributed by atoms with Crippen molar-refractivity contribution in [3.05, 3.63) is 47.0 Å². The summed E-state index contributed by atoms with van der Waals surface area (Å²) in [6.07, 6.45) is 4.37. The van der Waals surface area contributed by atoms with Crippen molar-refractivity contribution in [3.8, 4) is 0 Å². The van der Waals surface area contributed by atoms with Crippen molar-refractivity contribution in [1.29, 1.82) is 0 Å². The third kappa shape index (κ3) is 6.23. The first-order valence-electron chi connectivity index (χ1n) is 11.3. The van der Waals surface area contributed by atoms with Crippen LogP contribution in [0, 0.1) is 19.8 Å². The number of aliphatic hydroxyl groups is 1. The van der Waals surface area contributed by atoms with E-state index in [1.165, 1.54) is 12.8 Å². The number of nitrogens with one attached hydrogen (secondary N) is 2. The molecule has 0 saturated carbocycles. The molecular formula is C24H37N5O2. The van der Waals surface area contributed by atoms with Crippen molar-refractivity contribution in [1.82, 2.24) is 15.6 Å². The van der Waals surface area contributed by atoms with Crippen LogP contribution in [0.4, 0.5) is 5.82 Å². The number of piperidine rings is 1. The molecule has 1 aliphatic rings. The third-order valence-electron chi connectivity index (χ3n) is 5.90. The maximum Gasteiger partial charge on any atom is 0.191 e. The molecule has 170 valence electrons. The van der Waals surface area contributed by atoms with E-state index in [1.807, 2.05) is 33.0 Å². The van der Waals surface area contributed by atoms with Crippen LogP contribution < -0.4 is 15.5 Å². The van der Waals surface area contributed by atoms with Crippen LogP contribution in [-0.4, -0.2) is 42.2 Å². The summed E-state index contributed by atoms with van der Waals surface area (Å²) in [5.41, 5.74) is 0.785. The lowest BCUT2D eigenvalue weighted by atomic mass is 9.96. The first kappa shape index (κ1) is 23.1. The Balaban J connectivity index is 1.59. The van der Waals surface area contributed by atoms with Crippen molar-refractivity contribution in [2.75, 3.05) is 31.1 Å². The highest BCUT2D eigenvalue weighted by atomic mass is 16.3. The molecule has 0 bridgehead atoms. The fourth-order valence-electron chi connectivity index (χ4n) is 3.96. The van der Waals surface area contributed by atoms with Gasteiger partial charge in [-0.1, -0.05) is 13.0 Å². The van der Waals surface area contributed by atoms with Crippen molar-refractivity contribution in [3.63, 3.8) is 0 Å². The maximum atomic E-state index is 10.9. The van der Waals surface area contributed by atoms with Gasteiger partial charge in [-0.25, -0.2) is 9.98 Å². The summed E-state index contributed by atoms with van der Waals surface area (Å²) in [7, 11) is 0. The molecule has 1 unspecified atom stereocenters. The summed E-state index contributed by atoms with van der Waals surface area (Å²) in [5, 5.41) is 17.4. The maximum absolute atomic E-state index is 10.9. The summed E-state index contributed by atoms with van der Waals surface area (Å²) < 4.78 is 5.58. The van der Waals surface area contributed by atoms with Gasteiger partial charge in [-0.05, 0) is 64.2 Å². The fourth-order valence-corrected chi connectivity index (χ4v) is 3.96. The first-order chi connectivity index (χ1) is 14.8. The van der Waals surface area contributed by atoms with Crippen molar-refractivity contribution >= 4 is 11.8 Å². The monoisotopic (exact) mass is 427 g/mol. The van der Waals surface area contributed by atoms with Gasteiger partial charge in [0, 0.05) is 31.4 Å². The Labute approximate surface area is 186 Å². The minimum atomic E-state index is -1.06. The fraction of sp³-hybridized carbons (Fsp3) is 0.583. The molecule has 0 spiro atoms. The molecule has 0 amide bonds. The van der Waals surface area contributed by atoms with Gasteiger partial charge in [-0.3, -0.25) is 0 Å². The molecule has 1 aliphatic heterocycles. The standard InChI is InChI=1S/C24H37N5O2/c1-6-25-23(28-16-24(5,30)21-13-18(3)31-19(21)4)27-15-20-7-8-22(26-14-20)29-11-9-17(2)10-12-29/h7-8,13-14,17,30H,6,9-12,15-16H2,1-5H3,(H2,25,27,28). The second-order valence-electron chi connectivity index (χ2n) is 8.84. The quantitative estimate of drug-likeness (QED) is 0.463. The Hall–Kier alpha value is -2.54. The lowest BCUT2D eigenvalue weighted by Crippen LogP contribution is -2.44. The molecule has 1 saturated heterocycles. The van der Waals surface area contributed by atoms with E-state index in [9.17, 15) is 5.11 Å². The van der Waals surface area contributed by atoms with Crippen molar-refractivity contribution < 1.29 is 9.52 Å². The molecule has 2 aromatic heterocycles. The molecule has 7 nitrogen and oxygen atoms in total. The number of pyridine rings is 1. The van der Waals surface area contributed by atoms with Gasteiger partial charge in [0.2, 0.25) is 0 Å². The average Bonchev–Trinajstić information content (AvgIpc) is 3.10. The van der Waals surface area contributed by atoms with Crippen LogP contribution >= 0.6 is 0 Å². The largest absolute Gasteiger partial charge is 0.466 e. The predicted molar refractivity (Wildman–Crippen MR) is 125 cm³/mol. The van der Waals surface area contributed by atoms with Gasteiger partial charge in [0.05, 0.1) is 13.1 Å². The van der Waals surface area contributed by atoms with Crippen LogP contribution in [0.3, 0.4) is 0 Å². The van der Waals surface area contributed by atoms with Gasteiger partial charge in [0.15, 0.2) is 5.96 Å².